The molecule has 1 amide bonds. The van der Waals surface area contributed by atoms with Crippen LogP contribution in [-0.4, -0.2) is 28.0 Å². The molecule has 0 unspecified atom stereocenters. The fourth-order valence-electron chi connectivity index (χ4n) is 3.36. The fourth-order valence-corrected chi connectivity index (χ4v) is 5.18. The van der Waals surface area contributed by atoms with Crippen LogP contribution < -0.4 is 10.9 Å². The molecule has 1 N–H and O–H groups in total. The molecule has 0 spiro atoms. The first-order valence-electron chi connectivity index (χ1n) is 8.98. The van der Waals surface area contributed by atoms with Crippen LogP contribution in [0.1, 0.15) is 45.3 Å². The average Bonchev–Trinajstić information content (AvgIpc) is 3.40. The van der Waals surface area contributed by atoms with Crippen molar-refractivity contribution < 1.29 is 14.3 Å². The number of carbonyl (C=O) groups excluding carboxylic acids is 2. The van der Waals surface area contributed by atoms with Crippen molar-refractivity contribution in [3.63, 3.8) is 0 Å². The molecule has 28 heavy (non-hydrogen) atoms. The first-order valence-corrected chi connectivity index (χ1v) is 10.7. The van der Waals surface area contributed by atoms with E-state index in [-0.39, 0.29) is 24.1 Å². The highest BCUT2D eigenvalue weighted by Gasteiger charge is 2.24. The summed E-state index contributed by atoms with van der Waals surface area (Å²) in [7, 11) is 0. The van der Waals surface area contributed by atoms with Gasteiger partial charge in [0.1, 0.15) is 15.5 Å². The molecule has 4 heterocycles. The van der Waals surface area contributed by atoms with E-state index in [9.17, 15) is 14.4 Å². The van der Waals surface area contributed by atoms with Crippen LogP contribution in [-0.2, 0) is 22.5 Å². The lowest BCUT2D eigenvalue weighted by Crippen LogP contribution is -2.30. The fraction of sp³-hybridized carbons (Fsp3) is 0.368. The maximum absolute atomic E-state index is 12.7. The normalized spacial score (nSPS) is 14.1. The Hall–Kier alpha value is -2.52. The van der Waals surface area contributed by atoms with E-state index in [2.05, 4.69) is 10.3 Å². The molecule has 1 aliphatic heterocycles. The molecule has 1 atom stereocenters. The summed E-state index contributed by atoms with van der Waals surface area (Å²) in [4.78, 5) is 43.7. The molecular formula is C19H19N3O4S2. The molecule has 0 radical (unpaired) electrons. The third kappa shape index (κ3) is 3.35. The monoisotopic (exact) mass is 417 g/mol. The van der Waals surface area contributed by atoms with Crippen molar-refractivity contribution in [3.05, 3.63) is 49.0 Å². The van der Waals surface area contributed by atoms with E-state index in [1.807, 2.05) is 24.4 Å². The molecular weight excluding hydrogens is 398 g/mol. The number of esters is 1. The van der Waals surface area contributed by atoms with Gasteiger partial charge in [-0.15, -0.1) is 22.7 Å². The molecule has 3 aromatic heterocycles. The third-order valence-corrected chi connectivity index (χ3v) is 7.00. The van der Waals surface area contributed by atoms with Gasteiger partial charge in [-0.2, -0.15) is 0 Å². The van der Waals surface area contributed by atoms with Crippen LogP contribution in [0.4, 0.5) is 0 Å². The lowest BCUT2D eigenvalue weighted by molar-refractivity contribution is -0.124. The SMILES string of the molecule is Cc1c(C(=O)OCC(=O)N[C@@H](C)c2cccs2)sc2nc3n(c(=O)c12)CCC3. The lowest BCUT2D eigenvalue weighted by atomic mass is 10.2. The molecule has 146 valence electrons. The van der Waals surface area contributed by atoms with Gasteiger partial charge in [0.15, 0.2) is 6.61 Å². The second-order valence-corrected chi connectivity index (χ2v) is 8.68. The molecule has 7 nitrogen and oxygen atoms in total. The van der Waals surface area contributed by atoms with Crippen molar-refractivity contribution in [2.75, 3.05) is 6.61 Å². The van der Waals surface area contributed by atoms with Crippen LogP contribution in [0, 0.1) is 6.92 Å². The molecule has 0 saturated carbocycles. The quantitative estimate of drug-likeness (QED) is 0.645. The molecule has 3 aromatic rings. The average molecular weight is 418 g/mol. The van der Waals surface area contributed by atoms with Crippen LogP contribution in [0.2, 0.25) is 0 Å². The Morgan fingerprint density at radius 3 is 3.00 bits per heavy atom. The van der Waals surface area contributed by atoms with Crippen LogP contribution in [0.5, 0.6) is 0 Å². The molecule has 1 aliphatic rings. The Balaban J connectivity index is 1.47. The Morgan fingerprint density at radius 2 is 2.25 bits per heavy atom. The number of fused-ring (bicyclic) bond motifs is 2. The first-order chi connectivity index (χ1) is 13.5. The number of amides is 1. The van der Waals surface area contributed by atoms with Crippen LogP contribution in [0.15, 0.2) is 22.3 Å². The van der Waals surface area contributed by atoms with E-state index >= 15 is 0 Å². The van der Waals surface area contributed by atoms with Crippen molar-refractivity contribution in [2.24, 2.45) is 0 Å². The summed E-state index contributed by atoms with van der Waals surface area (Å²) in [6, 6.07) is 3.70. The van der Waals surface area contributed by atoms with Crippen molar-refractivity contribution in [1.29, 1.82) is 0 Å². The minimum Gasteiger partial charge on any atom is -0.451 e. The van der Waals surface area contributed by atoms with Gasteiger partial charge in [0.25, 0.3) is 11.5 Å². The number of nitrogens with zero attached hydrogens (tertiary/aromatic N) is 2. The summed E-state index contributed by atoms with van der Waals surface area (Å²) in [6.07, 6.45) is 1.68. The number of aromatic nitrogens is 2. The van der Waals surface area contributed by atoms with Gasteiger partial charge in [0.2, 0.25) is 0 Å². The zero-order valence-corrected chi connectivity index (χ0v) is 17.1. The lowest BCUT2D eigenvalue weighted by Gasteiger charge is -2.12. The third-order valence-electron chi connectivity index (χ3n) is 4.78. The highest BCUT2D eigenvalue weighted by atomic mass is 32.1. The topological polar surface area (TPSA) is 90.3 Å². The first kappa shape index (κ1) is 18.8. The number of hydrogen-bond donors (Lipinski definition) is 1. The summed E-state index contributed by atoms with van der Waals surface area (Å²) in [5, 5.41) is 5.21. The second-order valence-electron chi connectivity index (χ2n) is 6.71. The number of hydrogen-bond acceptors (Lipinski definition) is 7. The number of rotatable bonds is 5. The van der Waals surface area contributed by atoms with E-state index in [1.165, 1.54) is 0 Å². The van der Waals surface area contributed by atoms with Crippen molar-refractivity contribution in [2.45, 2.75) is 39.3 Å². The van der Waals surface area contributed by atoms with Crippen molar-refractivity contribution in [3.8, 4) is 0 Å². The largest absolute Gasteiger partial charge is 0.451 e. The Morgan fingerprint density at radius 1 is 1.43 bits per heavy atom. The smallest absolute Gasteiger partial charge is 0.349 e. The molecule has 0 saturated heterocycles. The van der Waals surface area contributed by atoms with Gasteiger partial charge in [0.05, 0.1) is 11.4 Å². The predicted molar refractivity (Wildman–Crippen MR) is 108 cm³/mol. The summed E-state index contributed by atoms with van der Waals surface area (Å²) in [5.74, 6) is -0.213. The number of ether oxygens (including phenoxy) is 1. The van der Waals surface area contributed by atoms with E-state index < -0.39 is 5.97 Å². The van der Waals surface area contributed by atoms with Crippen LogP contribution >= 0.6 is 22.7 Å². The summed E-state index contributed by atoms with van der Waals surface area (Å²) in [5.41, 5.74) is 0.463. The maximum atomic E-state index is 12.7. The number of nitrogens with one attached hydrogen (secondary N) is 1. The van der Waals surface area contributed by atoms with E-state index in [1.54, 1.807) is 22.8 Å². The van der Waals surface area contributed by atoms with Gasteiger partial charge >= 0.3 is 5.97 Å². The number of carbonyl (C=O) groups is 2. The van der Waals surface area contributed by atoms with Gasteiger partial charge in [-0.3, -0.25) is 14.2 Å². The van der Waals surface area contributed by atoms with Gasteiger partial charge in [-0.05, 0) is 37.3 Å². The predicted octanol–water partition coefficient (Wildman–Crippen LogP) is 2.81. The minimum absolute atomic E-state index is 0.104. The second kappa shape index (κ2) is 7.48. The van der Waals surface area contributed by atoms with Gasteiger partial charge in [0, 0.05) is 17.8 Å². The van der Waals surface area contributed by atoms with E-state index in [0.29, 0.717) is 27.2 Å². The minimum atomic E-state index is -0.607. The Kier molecular flexibility index (Phi) is 5.03. The van der Waals surface area contributed by atoms with Crippen LogP contribution in [0.3, 0.4) is 0 Å². The number of aryl methyl sites for hydroxylation is 2. The highest BCUT2D eigenvalue weighted by molar-refractivity contribution is 7.20. The molecule has 0 fully saturated rings. The standard InChI is InChI=1S/C19H19N3O4S2/c1-10-15-17(21-13-6-3-7-22(13)18(15)24)28-16(10)19(25)26-9-14(23)20-11(2)12-5-4-8-27-12/h4-5,8,11H,3,6-7,9H2,1-2H3,(H,20,23)/t11-/m0/s1. The number of thiophene rings is 2. The highest BCUT2D eigenvalue weighted by Crippen LogP contribution is 2.29. The van der Waals surface area contributed by atoms with Gasteiger partial charge < -0.3 is 10.1 Å². The maximum Gasteiger partial charge on any atom is 0.349 e. The molecule has 0 bridgehead atoms. The zero-order valence-electron chi connectivity index (χ0n) is 15.5. The molecule has 4 rings (SSSR count). The van der Waals surface area contributed by atoms with E-state index in [4.69, 9.17) is 4.74 Å². The molecule has 9 heteroatoms. The molecule has 0 aliphatic carbocycles. The zero-order chi connectivity index (χ0) is 19.8. The van der Waals surface area contributed by atoms with Crippen molar-refractivity contribution >= 4 is 44.8 Å². The van der Waals surface area contributed by atoms with Crippen LogP contribution in [0.25, 0.3) is 10.2 Å². The Labute approximate surface area is 169 Å². The van der Waals surface area contributed by atoms with E-state index in [0.717, 1.165) is 34.9 Å². The van der Waals surface area contributed by atoms with Gasteiger partial charge in [-0.1, -0.05) is 6.07 Å². The Bertz CT molecular complexity index is 1110. The summed E-state index contributed by atoms with van der Waals surface area (Å²) < 4.78 is 6.86. The summed E-state index contributed by atoms with van der Waals surface area (Å²) in [6.45, 7) is 3.89. The molecule has 0 aromatic carbocycles. The van der Waals surface area contributed by atoms with Crippen molar-refractivity contribution in [1.82, 2.24) is 14.9 Å². The summed E-state index contributed by atoms with van der Waals surface area (Å²) >= 11 is 2.70. The van der Waals surface area contributed by atoms with Gasteiger partial charge in [-0.25, -0.2) is 9.78 Å².